The molecular weight excluding hydrogens is 207 g/mol. The zero-order chi connectivity index (χ0) is 11.4. The van der Waals surface area contributed by atoms with Gasteiger partial charge >= 0.3 is 18.2 Å². The molecule has 0 radical (unpaired) electrons. The number of rotatable bonds is 3. The summed E-state index contributed by atoms with van der Waals surface area (Å²) in [5.74, 6) is -1.37. The van der Waals surface area contributed by atoms with Gasteiger partial charge < -0.3 is 15.2 Å². The van der Waals surface area contributed by atoms with E-state index >= 15 is 0 Å². The van der Waals surface area contributed by atoms with E-state index in [1.807, 2.05) is 0 Å². The molecule has 8 heteroatoms. The first-order valence-corrected chi connectivity index (χ1v) is 3.45. The van der Waals surface area contributed by atoms with Crippen molar-refractivity contribution < 1.29 is 32.6 Å². The number of amides is 1. The first-order chi connectivity index (χ1) is 6.22. The highest BCUT2D eigenvalue weighted by Crippen LogP contribution is 2.14. The second-order valence-electron chi connectivity index (χ2n) is 2.40. The Labute approximate surface area is 76.8 Å². The fraction of sp³-hybridized carbons (Fsp3) is 0.667. The van der Waals surface area contributed by atoms with Crippen LogP contribution < -0.4 is 5.32 Å². The summed E-state index contributed by atoms with van der Waals surface area (Å²) in [6.07, 6.45) is -6.04. The van der Waals surface area contributed by atoms with Gasteiger partial charge in [-0.3, -0.25) is 4.79 Å². The highest BCUT2D eigenvalue weighted by atomic mass is 19.4. The van der Waals surface area contributed by atoms with E-state index in [0.717, 1.165) is 6.92 Å². The first kappa shape index (κ1) is 12.5. The van der Waals surface area contributed by atoms with Crippen LogP contribution in [0.3, 0.4) is 0 Å². The van der Waals surface area contributed by atoms with Crippen molar-refractivity contribution in [3.63, 3.8) is 0 Å². The Bertz CT molecular complexity index is 228. The highest BCUT2D eigenvalue weighted by Gasteiger charge is 2.30. The molecule has 0 aromatic heterocycles. The lowest BCUT2D eigenvalue weighted by atomic mass is 10.4. The number of carboxylic acids is 1. The highest BCUT2D eigenvalue weighted by molar-refractivity contribution is 5.79. The summed E-state index contributed by atoms with van der Waals surface area (Å²) in [4.78, 5) is 20.7. The second-order valence-corrected chi connectivity index (χ2v) is 2.40. The van der Waals surface area contributed by atoms with Crippen LogP contribution in [0, 0.1) is 0 Å². The van der Waals surface area contributed by atoms with Crippen LogP contribution in [0.25, 0.3) is 0 Å². The Morgan fingerprint density at radius 1 is 1.50 bits per heavy atom. The van der Waals surface area contributed by atoms with Crippen LogP contribution in [0.5, 0.6) is 0 Å². The number of nitrogens with one attached hydrogen (secondary N) is 1. The van der Waals surface area contributed by atoms with Gasteiger partial charge in [0.05, 0.1) is 0 Å². The standard InChI is InChI=1S/C6H8F3NO4/c1-3(4(11)12)10-5(13)14-2-6(7,8)9/h3H,2H2,1H3,(H,10,13)(H,11,12)/t3-/m0/s1. The van der Waals surface area contributed by atoms with Crippen LogP contribution in [0.1, 0.15) is 6.92 Å². The molecule has 0 aliphatic heterocycles. The minimum absolute atomic E-state index is 1.09. The number of alkyl halides is 3. The summed E-state index contributed by atoms with van der Waals surface area (Å²) in [6.45, 7) is -0.650. The van der Waals surface area contributed by atoms with E-state index in [2.05, 4.69) is 4.74 Å². The molecule has 0 saturated heterocycles. The number of hydrogen-bond donors (Lipinski definition) is 2. The molecule has 0 spiro atoms. The summed E-state index contributed by atoms with van der Waals surface area (Å²) < 4.78 is 38.2. The number of carbonyl (C=O) groups is 2. The number of carbonyl (C=O) groups excluding carboxylic acids is 1. The van der Waals surface area contributed by atoms with Crippen LogP contribution in [-0.4, -0.2) is 36.0 Å². The van der Waals surface area contributed by atoms with Crippen molar-refractivity contribution in [3.8, 4) is 0 Å². The van der Waals surface area contributed by atoms with Gasteiger partial charge in [0.15, 0.2) is 6.61 Å². The minimum atomic E-state index is -4.62. The zero-order valence-electron chi connectivity index (χ0n) is 7.09. The van der Waals surface area contributed by atoms with Crippen LogP contribution in [0.4, 0.5) is 18.0 Å². The van der Waals surface area contributed by atoms with E-state index in [0.29, 0.717) is 0 Å². The van der Waals surface area contributed by atoms with Crippen LogP contribution in [0.15, 0.2) is 0 Å². The van der Waals surface area contributed by atoms with Crippen molar-refractivity contribution in [2.24, 2.45) is 0 Å². The Balaban J connectivity index is 3.83. The van der Waals surface area contributed by atoms with Crippen LogP contribution in [-0.2, 0) is 9.53 Å². The Morgan fingerprint density at radius 2 is 2.00 bits per heavy atom. The van der Waals surface area contributed by atoms with E-state index in [1.165, 1.54) is 0 Å². The van der Waals surface area contributed by atoms with Crippen molar-refractivity contribution in [2.45, 2.75) is 19.1 Å². The molecule has 0 aromatic rings. The van der Waals surface area contributed by atoms with Gasteiger partial charge in [-0.05, 0) is 6.92 Å². The summed E-state index contributed by atoms with van der Waals surface area (Å²) in [6, 6.07) is -1.30. The maximum absolute atomic E-state index is 11.5. The third kappa shape index (κ3) is 6.09. The predicted molar refractivity (Wildman–Crippen MR) is 37.6 cm³/mol. The van der Waals surface area contributed by atoms with E-state index in [1.54, 1.807) is 5.32 Å². The zero-order valence-corrected chi connectivity index (χ0v) is 7.09. The Hall–Kier alpha value is -1.47. The first-order valence-electron chi connectivity index (χ1n) is 3.45. The molecule has 0 aromatic carbocycles. The van der Waals surface area contributed by atoms with Gasteiger partial charge in [-0.2, -0.15) is 13.2 Å². The molecule has 0 unspecified atom stereocenters. The number of aliphatic carboxylic acids is 1. The van der Waals surface area contributed by atoms with Crippen LogP contribution >= 0.6 is 0 Å². The number of alkyl carbamates (subject to hydrolysis) is 1. The molecule has 2 N–H and O–H groups in total. The van der Waals surface area contributed by atoms with E-state index < -0.39 is 30.9 Å². The summed E-state index contributed by atoms with van der Waals surface area (Å²) >= 11 is 0. The number of carboxylic acid groups (broad SMARTS) is 1. The second kappa shape index (κ2) is 4.68. The number of halogens is 3. The van der Waals surface area contributed by atoms with Crippen molar-refractivity contribution in [3.05, 3.63) is 0 Å². The fourth-order valence-electron chi connectivity index (χ4n) is 0.428. The van der Waals surface area contributed by atoms with Gasteiger partial charge in [-0.1, -0.05) is 0 Å². The Kier molecular flexibility index (Phi) is 4.19. The van der Waals surface area contributed by atoms with Crippen LogP contribution in [0.2, 0.25) is 0 Å². The topological polar surface area (TPSA) is 75.6 Å². The lowest BCUT2D eigenvalue weighted by Crippen LogP contribution is -2.39. The normalized spacial score (nSPS) is 13.1. The smallest absolute Gasteiger partial charge is 0.422 e. The summed E-state index contributed by atoms with van der Waals surface area (Å²) in [7, 11) is 0. The van der Waals surface area contributed by atoms with Crippen molar-refractivity contribution >= 4 is 12.1 Å². The SMILES string of the molecule is C[C@H](NC(=O)OCC(F)(F)F)C(=O)O. The molecule has 0 aliphatic carbocycles. The van der Waals surface area contributed by atoms with E-state index in [4.69, 9.17) is 5.11 Å². The molecule has 0 fully saturated rings. The molecule has 1 atom stereocenters. The molecule has 0 saturated carbocycles. The van der Waals surface area contributed by atoms with Crippen molar-refractivity contribution in [1.82, 2.24) is 5.32 Å². The molecule has 0 aliphatic rings. The lowest BCUT2D eigenvalue weighted by Gasteiger charge is -2.11. The maximum Gasteiger partial charge on any atom is 0.422 e. The summed E-state index contributed by atoms with van der Waals surface area (Å²) in [5.41, 5.74) is 0. The largest absolute Gasteiger partial charge is 0.480 e. The van der Waals surface area contributed by atoms with Crippen molar-refractivity contribution in [1.29, 1.82) is 0 Å². The average Bonchev–Trinajstić information content (AvgIpc) is 1.99. The maximum atomic E-state index is 11.5. The molecule has 1 amide bonds. The monoisotopic (exact) mass is 215 g/mol. The lowest BCUT2D eigenvalue weighted by molar-refractivity contribution is -0.160. The fourth-order valence-corrected chi connectivity index (χ4v) is 0.428. The molecule has 5 nitrogen and oxygen atoms in total. The molecular formula is C6H8F3NO4. The molecule has 0 rings (SSSR count). The van der Waals surface area contributed by atoms with Gasteiger partial charge in [-0.25, -0.2) is 4.79 Å². The Morgan fingerprint density at radius 3 is 2.36 bits per heavy atom. The van der Waals surface area contributed by atoms with Gasteiger partial charge in [-0.15, -0.1) is 0 Å². The van der Waals surface area contributed by atoms with E-state index in [9.17, 15) is 22.8 Å². The third-order valence-electron chi connectivity index (χ3n) is 1.07. The molecule has 0 bridgehead atoms. The van der Waals surface area contributed by atoms with Crippen molar-refractivity contribution in [2.75, 3.05) is 6.61 Å². The van der Waals surface area contributed by atoms with E-state index in [-0.39, 0.29) is 0 Å². The number of hydrogen-bond acceptors (Lipinski definition) is 3. The van der Waals surface area contributed by atoms with Gasteiger partial charge in [0.2, 0.25) is 0 Å². The summed E-state index contributed by atoms with van der Waals surface area (Å²) in [5, 5.41) is 9.96. The molecule has 14 heavy (non-hydrogen) atoms. The average molecular weight is 215 g/mol. The van der Waals surface area contributed by atoms with Gasteiger partial charge in [0, 0.05) is 0 Å². The van der Waals surface area contributed by atoms with Gasteiger partial charge in [0.25, 0.3) is 0 Å². The minimum Gasteiger partial charge on any atom is -0.480 e. The molecule has 82 valence electrons. The number of ether oxygens (including phenoxy) is 1. The van der Waals surface area contributed by atoms with Gasteiger partial charge in [0.1, 0.15) is 6.04 Å². The third-order valence-corrected chi connectivity index (χ3v) is 1.07. The quantitative estimate of drug-likeness (QED) is 0.728. The predicted octanol–water partition coefficient (Wildman–Crippen LogP) is 0.748. The molecule has 0 heterocycles.